The molecule has 0 spiro atoms. The molecule has 0 saturated heterocycles. The van der Waals surface area contributed by atoms with Gasteiger partial charge in [-0.3, -0.25) is 9.36 Å². The highest BCUT2D eigenvalue weighted by molar-refractivity contribution is 7.07. The first-order valence-electron chi connectivity index (χ1n) is 13.9. The van der Waals surface area contributed by atoms with Crippen LogP contribution < -0.4 is 19.6 Å². The number of carbonyl (C=O) groups is 1. The molecule has 228 valence electrons. The summed E-state index contributed by atoms with van der Waals surface area (Å²) in [5.41, 5.74) is 0.865. The summed E-state index contributed by atoms with van der Waals surface area (Å²) in [6, 6.07) is 23.3. The quantitative estimate of drug-likeness (QED) is 0.200. The van der Waals surface area contributed by atoms with Crippen molar-refractivity contribution in [2.75, 3.05) is 13.7 Å². The number of hydrogen-bond acceptors (Lipinski definition) is 7. The van der Waals surface area contributed by atoms with E-state index in [1.807, 2.05) is 30.3 Å². The number of rotatable bonds is 7. The number of methoxy groups -OCH3 is 1. The van der Waals surface area contributed by atoms with Crippen LogP contribution in [0.3, 0.4) is 0 Å². The molecule has 0 saturated carbocycles. The first kappa shape index (κ1) is 29.9. The van der Waals surface area contributed by atoms with E-state index in [2.05, 4.69) is 0 Å². The van der Waals surface area contributed by atoms with Crippen molar-refractivity contribution in [2.45, 2.75) is 19.1 Å². The lowest BCUT2D eigenvalue weighted by Gasteiger charge is -2.26. The largest absolute Gasteiger partial charge is 0.497 e. The molecule has 0 aliphatic carbocycles. The van der Waals surface area contributed by atoms with Crippen molar-refractivity contribution in [2.24, 2.45) is 4.99 Å². The molecule has 0 fully saturated rings. The van der Waals surface area contributed by atoms with Gasteiger partial charge in [0.15, 0.2) is 4.80 Å². The number of esters is 1. The van der Waals surface area contributed by atoms with E-state index >= 15 is 0 Å². The second kappa shape index (κ2) is 12.1. The summed E-state index contributed by atoms with van der Waals surface area (Å²) in [7, 11) is 1.53. The summed E-state index contributed by atoms with van der Waals surface area (Å²) in [6.07, 6.45) is -2.99. The number of thiazole rings is 1. The van der Waals surface area contributed by atoms with Crippen LogP contribution in [0.4, 0.5) is 13.2 Å². The van der Waals surface area contributed by atoms with E-state index in [9.17, 15) is 22.8 Å². The highest BCUT2D eigenvalue weighted by Gasteiger charge is 2.35. The summed E-state index contributed by atoms with van der Waals surface area (Å²) in [4.78, 5) is 32.8. The third kappa shape index (κ3) is 5.86. The van der Waals surface area contributed by atoms with E-state index in [4.69, 9.17) is 18.9 Å². The molecular formula is C34H25F3N2O5S. The molecule has 11 heteroatoms. The number of furan rings is 1. The van der Waals surface area contributed by atoms with Gasteiger partial charge in [-0.15, -0.1) is 0 Å². The Kier molecular flexibility index (Phi) is 8.03. The van der Waals surface area contributed by atoms with Crippen molar-refractivity contribution in [3.05, 3.63) is 139 Å². The summed E-state index contributed by atoms with van der Waals surface area (Å²) in [5, 5.41) is 0. The highest BCUT2D eigenvalue weighted by Crippen LogP contribution is 2.36. The summed E-state index contributed by atoms with van der Waals surface area (Å²) in [5.74, 6) is 0.400. The lowest BCUT2D eigenvalue weighted by atomic mass is 9.93. The number of ether oxygens (including phenoxy) is 2. The average Bonchev–Trinajstić information content (AvgIpc) is 3.64. The van der Waals surface area contributed by atoms with Crippen molar-refractivity contribution in [3.8, 4) is 17.1 Å². The van der Waals surface area contributed by atoms with E-state index in [-0.39, 0.29) is 33.8 Å². The molecule has 1 aliphatic heterocycles. The van der Waals surface area contributed by atoms with Gasteiger partial charge in [-0.2, -0.15) is 13.2 Å². The zero-order valence-electron chi connectivity index (χ0n) is 24.0. The second-order valence-electron chi connectivity index (χ2n) is 9.99. The SMILES string of the molecule is CCOC(=O)C1=C(c2ccccc2)N=c2s/c(=C\c3ccc(-c4cccc(C(F)(F)F)c4)o3)c(=O)n2[C@H]1c1cccc(OC)c1. The van der Waals surface area contributed by atoms with E-state index in [1.165, 1.54) is 29.9 Å². The minimum absolute atomic E-state index is 0.117. The molecule has 0 bridgehead atoms. The Balaban J connectivity index is 1.53. The first-order valence-corrected chi connectivity index (χ1v) is 14.7. The molecule has 0 radical (unpaired) electrons. The number of benzene rings is 3. The zero-order valence-corrected chi connectivity index (χ0v) is 24.8. The molecule has 2 aromatic heterocycles. The van der Waals surface area contributed by atoms with Gasteiger partial charge in [0.25, 0.3) is 5.56 Å². The van der Waals surface area contributed by atoms with Crippen LogP contribution in [0.15, 0.2) is 111 Å². The predicted molar refractivity (Wildman–Crippen MR) is 163 cm³/mol. The number of nitrogens with zero attached hydrogens (tertiary/aromatic N) is 2. The molecule has 3 aromatic carbocycles. The van der Waals surface area contributed by atoms with Crippen molar-refractivity contribution >= 4 is 29.1 Å². The van der Waals surface area contributed by atoms with Crippen molar-refractivity contribution in [1.29, 1.82) is 0 Å². The minimum atomic E-state index is -4.50. The van der Waals surface area contributed by atoms with Crippen LogP contribution in [-0.2, 0) is 15.7 Å². The summed E-state index contributed by atoms with van der Waals surface area (Å²) >= 11 is 1.10. The molecule has 7 nitrogen and oxygen atoms in total. The first-order chi connectivity index (χ1) is 21.7. The number of carbonyl (C=O) groups excluding carboxylic acids is 1. The van der Waals surface area contributed by atoms with Crippen LogP contribution in [0.1, 0.15) is 35.4 Å². The van der Waals surface area contributed by atoms with Gasteiger partial charge in [0, 0.05) is 17.2 Å². The number of aromatic nitrogens is 1. The van der Waals surface area contributed by atoms with E-state index in [0.29, 0.717) is 27.4 Å². The standard InChI is InChI=1S/C34H25F3N2O5S/c1-3-43-32(41)28-29(20-9-5-4-6-10-20)38-33-39(30(28)22-12-8-14-24(18-22)42-2)31(40)27(45-33)19-25-15-16-26(44-25)21-11-7-13-23(17-21)34(35,36)37/h4-19,30H,3H2,1-2H3/b27-19-/t30-/m0/s1. The van der Waals surface area contributed by atoms with Crippen molar-refractivity contribution in [1.82, 2.24) is 4.57 Å². The molecule has 1 atom stereocenters. The number of fused-ring (bicyclic) bond motifs is 1. The van der Waals surface area contributed by atoms with Crippen molar-refractivity contribution < 1.29 is 31.9 Å². The van der Waals surface area contributed by atoms with Crippen LogP contribution in [0, 0.1) is 0 Å². The van der Waals surface area contributed by atoms with E-state index in [0.717, 1.165) is 23.5 Å². The van der Waals surface area contributed by atoms with Gasteiger partial charge < -0.3 is 13.9 Å². The molecule has 45 heavy (non-hydrogen) atoms. The summed E-state index contributed by atoms with van der Waals surface area (Å²) in [6.45, 7) is 1.82. The Morgan fingerprint density at radius 1 is 1.00 bits per heavy atom. The van der Waals surface area contributed by atoms with Crippen LogP contribution in [0.5, 0.6) is 5.75 Å². The fourth-order valence-electron chi connectivity index (χ4n) is 5.13. The van der Waals surface area contributed by atoms with Gasteiger partial charge in [0.05, 0.1) is 41.1 Å². The lowest BCUT2D eigenvalue weighted by Crippen LogP contribution is -2.40. The van der Waals surface area contributed by atoms with Gasteiger partial charge in [-0.05, 0) is 48.9 Å². The fraction of sp³-hybridized carbons (Fsp3) is 0.147. The predicted octanol–water partition coefficient (Wildman–Crippen LogP) is 6.22. The third-order valence-electron chi connectivity index (χ3n) is 7.16. The van der Waals surface area contributed by atoms with E-state index < -0.39 is 29.3 Å². The van der Waals surface area contributed by atoms with Gasteiger partial charge in [0.2, 0.25) is 0 Å². The Bertz CT molecular complexity index is 2110. The van der Waals surface area contributed by atoms with Crippen molar-refractivity contribution in [3.63, 3.8) is 0 Å². The molecule has 0 amide bonds. The maximum atomic E-state index is 14.1. The molecule has 3 heterocycles. The van der Waals surface area contributed by atoms with Crippen LogP contribution in [0.2, 0.25) is 0 Å². The number of halogens is 3. The molecule has 6 rings (SSSR count). The molecule has 5 aromatic rings. The Hall–Kier alpha value is -5.16. The van der Waals surface area contributed by atoms with Gasteiger partial charge >= 0.3 is 12.1 Å². The van der Waals surface area contributed by atoms with Gasteiger partial charge in [-0.1, -0.05) is 65.9 Å². The fourth-order valence-corrected chi connectivity index (χ4v) is 6.11. The normalized spacial score (nSPS) is 15.0. The monoisotopic (exact) mass is 630 g/mol. The Morgan fingerprint density at radius 3 is 2.49 bits per heavy atom. The van der Waals surface area contributed by atoms with Crippen LogP contribution in [-0.4, -0.2) is 24.3 Å². The minimum Gasteiger partial charge on any atom is -0.497 e. The number of hydrogen-bond donors (Lipinski definition) is 0. The maximum absolute atomic E-state index is 14.1. The molecule has 0 unspecified atom stereocenters. The topological polar surface area (TPSA) is 83.0 Å². The Morgan fingerprint density at radius 2 is 1.76 bits per heavy atom. The number of alkyl halides is 3. The highest BCUT2D eigenvalue weighted by atomic mass is 32.1. The third-order valence-corrected chi connectivity index (χ3v) is 8.14. The van der Waals surface area contributed by atoms with Gasteiger partial charge in [-0.25, -0.2) is 9.79 Å². The van der Waals surface area contributed by atoms with Gasteiger partial charge in [0.1, 0.15) is 17.3 Å². The lowest BCUT2D eigenvalue weighted by molar-refractivity contribution is -0.139. The van der Waals surface area contributed by atoms with Crippen LogP contribution in [0.25, 0.3) is 23.1 Å². The molecular weight excluding hydrogens is 605 g/mol. The van der Waals surface area contributed by atoms with E-state index in [1.54, 1.807) is 43.3 Å². The smallest absolute Gasteiger partial charge is 0.416 e. The Labute approximate surface area is 258 Å². The average molecular weight is 631 g/mol. The molecule has 1 aliphatic rings. The second-order valence-corrected chi connectivity index (χ2v) is 11.0. The van der Waals surface area contributed by atoms with Crippen LogP contribution >= 0.6 is 11.3 Å². The zero-order chi connectivity index (χ0) is 31.7. The summed E-state index contributed by atoms with van der Waals surface area (Å²) < 4.78 is 58.3. The molecule has 0 N–H and O–H groups in total. The maximum Gasteiger partial charge on any atom is 0.416 e.